The Labute approximate surface area is 140 Å². The molecule has 1 saturated carbocycles. The number of benzene rings is 1. The van der Waals surface area contributed by atoms with Crippen LogP contribution in [0.4, 0.5) is 0 Å². The fraction of sp³-hybridized carbons (Fsp3) is 0.471. The number of nitrogens with zero attached hydrogens (tertiary/aromatic N) is 3. The van der Waals surface area contributed by atoms with Gasteiger partial charge in [-0.2, -0.15) is 0 Å². The van der Waals surface area contributed by atoms with Gasteiger partial charge < -0.3 is 9.88 Å². The van der Waals surface area contributed by atoms with Crippen molar-refractivity contribution in [3.05, 3.63) is 41.7 Å². The summed E-state index contributed by atoms with van der Waals surface area (Å²) in [5, 5.41) is 12.2. The zero-order chi connectivity index (χ0) is 16.2. The normalized spacial score (nSPS) is 15.4. The Hall–Kier alpha value is -1.82. The second-order valence-electron chi connectivity index (χ2n) is 5.82. The van der Waals surface area contributed by atoms with Gasteiger partial charge in [-0.05, 0) is 32.3 Å². The van der Waals surface area contributed by atoms with Crippen LogP contribution in [0.25, 0.3) is 0 Å². The fourth-order valence-electron chi connectivity index (χ4n) is 2.47. The first-order valence-electron chi connectivity index (χ1n) is 8.10. The van der Waals surface area contributed by atoms with E-state index in [-0.39, 0.29) is 11.2 Å². The molecule has 0 spiro atoms. The summed E-state index contributed by atoms with van der Waals surface area (Å²) in [6.07, 6.45) is 2.41. The van der Waals surface area contributed by atoms with Gasteiger partial charge in [0.15, 0.2) is 5.16 Å². The summed E-state index contributed by atoms with van der Waals surface area (Å²) in [6.45, 7) is 5.41. The van der Waals surface area contributed by atoms with Crippen molar-refractivity contribution in [3.8, 4) is 0 Å². The monoisotopic (exact) mass is 330 g/mol. The maximum atomic E-state index is 12.3. The van der Waals surface area contributed by atoms with Crippen molar-refractivity contribution in [1.29, 1.82) is 0 Å². The Morgan fingerprint density at radius 1 is 1.35 bits per heavy atom. The molecule has 122 valence electrons. The molecule has 1 aliphatic rings. The van der Waals surface area contributed by atoms with Crippen LogP contribution in [0.15, 0.2) is 35.5 Å². The van der Waals surface area contributed by atoms with Gasteiger partial charge in [0.1, 0.15) is 5.82 Å². The second kappa shape index (κ2) is 7.17. The zero-order valence-corrected chi connectivity index (χ0v) is 14.3. The summed E-state index contributed by atoms with van der Waals surface area (Å²) >= 11 is 1.48. The maximum Gasteiger partial charge on any atom is 0.233 e. The number of carbonyl (C=O) groups excluding carboxylic acids is 1. The molecule has 0 bridgehead atoms. The van der Waals surface area contributed by atoms with Crippen molar-refractivity contribution in [2.24, 2.45) is 0 Å². The lowest BCUT2D eigenvalue weighted by Gasteiger charge is -2.12. The van der Waals surface area contributed by atoms with Crippen LogP contribution < -0.4 is 5.32 Å². The van der Waals surface area contributed by atoms with Gasteiger partial charge in [-0.3, -0.25) is 4.79 Å². The average molecular weight is 330 g/mol. The van der Waals surface area contributed by atoms with Crippen molar-refractivity contribution in [2.45, 2.75) is 56.1 Å². The molecular formula is C17H22N4OS. The molecule has 1 amide bonds. The van der Waals surface area contributed by atoms with Crippen LogP contribution in [0, 0.1) is 0 Å². The third-order valence-corrected chi connectivity index (χ3v) is 5.05. The van der Waals surface area contributed by atoms with E-state index in [1.54, 1.807) is 0 Å². The molecule has 3 rings (SSSR count). The summed E-state index contributed by atoms with van der Waals surface area (Å²) in [5.74, 6) is 1.67. The van der Waals surface area contributed by atoms with E-state index in [2.05, 4.69) is 27.0 Å². The van der Waals surface area contributed by atoms with Crippen molar-refractivity contribution in [1.82, 2.24) is 20.1 Å². The maximum absolute atomic E-state index is 12.3. The molecule has 1 N–H and O–H groups in total. The summed E-state index contributed by atoms with van der Waals surface area (Å²) in [5.41, 5.74) is 1.10. The first-order valence-corrected chi connectivity index (χ1v) is 8.98. The van der Waals surface area contributed by atoms with E-state index in [1.807, 2.05) is 37.3 Å². The van der Waals surface area contributed by atoms with E-state index in [9.17, 15) is 4.79 Å². The van der Waals surface area contributed by atoms with E-state index < -0.39 is 0 Å². The Morgan fingerprint density at radius 2 is 2.09 bits per heavy atom. The van der Waals surface area contributed by atoms with Gasteiger partial charge in [0, 0.05) is 19.0 Å². The van der Waals surface area contributed by atoms with E-state index >= 15 is 0 Å². The van der Waals surface area contributed by atoms with Gasteiger partial charge >= 0.3 is 0 Å². The van der Waals surface area contributed by atoms with Gasteiger partial charge in [0.25, 0.3) is 0 Å². The fourth-order valence-corrected chi connectivity index (χ4v) is 3.41. The summed E-state index contributed by atoms with van der Waals surface area (Å²) in [6, 6.07) is 9.94. The predicted octanol–water partition coefficient (Wildman–Crippen LogP) is 2.97. The molecular weight excluding hydrogens is 308 g/mol. The van der Waals surface area contributed by atoms with Crippen LogP contribution in [0.1, 0.15) is 44.0 Å². The van der Waals surface area contributed by atoms with Gasteiger partial charge in [-0.15, -0.1) is 10.2 Å². The zero-order valence-electron chi connectivity index (χ0n) is 13.5. The lowest BCUT2D eigenvalue weighted by molar-refractivity contribution is -0.120. The average Bonchev–Trinajstić information content (AvgIpc) is 3.34. The topological polar surface area (TPSA) is 59.8 Å². The Bertz CT molecular complexity index is 666. The molecule has 2 aromatic rings. The third kappa shape index (κ3) is 3.93. The lowest BCUT2D eigenvalue weighted by Crippen LogP contribution is -2.30. The van der Waals surface area contributed by atoms with Gasteiger partial charge in [-0.25, -0.2) is 0 Å². The highest BCUT2D eigenvalue weighted by Crippen LogP contribution is 2.40. The van der Waals surface area contributed by atoms with Crippen molar-refractivity contribution < 1.29 is 4.79 Å². The number of hydrogen-bond donors (Lipinski definition) is 1. The Kier molecular flexibility index (Phi) is 5.00. The first kappa shape index (κ1) is 16.1. The van der Waals surface area contributed by atoms with E-state index in [4.69, 9.17) is 0 Å². The van der Waals surface area contributed by atoms with Crippen LogP contribution >= 0.6 is 11.8 Å². The largest absolute Gasteiger partial charge is 0.351 e. The second-order valence-corrected chi connectivity index (χ2v) is 7.13. The third-order valence-electron chi connectivity index (χ3n) is 3.97. The van der Waals surface area contributed by atoms with Crippen LogP contribution in [0.3, 0.4) is 0 Å². The first-order chi connectivity index (χ1) is 11.2. The number of thioether (sulfide) groups is 1. The van der Waals surface area contributed by atoms with Crippen LogP contribution in [-0.2, 0) is 17.9 Å². The molecule has 1 atom stereocenters. The summed E-state index contributed by atoms with van der Waals surface area (Å²) < 4.78 is 2.14. The highest BCUT2D eigenvalue weighted by molar-refractivity contribution is 8.00. The molecule has 1 heterocycles. The highest BCUT2D eigenvalue weighted by Gasteiger charge is 2.30. The van der Waals surface area contributed by atoms with Crippen LogP contribution in [-0.4, -0.2) is 25.9 Å². The Morgan fingerprint density at radius 3 is 2.74 bits per heavy atom. The van der Waals surface area contributed by atoms with Crippen molar-refractivity contribution in [2.75, 3.05) is 0 Å². The molecule has 5 nitrogen and oxygen atoms in total. The van der Waals surface area contributed by atoms with Crippen LogP contribution in [0.2, 0.25) is 0 Å². The number of rotatable bonds is 7. The quantitative estimate of drug-likeness (QED) is 0.793. The molecule has 1 unspecified atom stereocenters. The molecule has 1 fully saturated rings. The molecule has 1 aromatic carbocycles. The molecule has 1 aromatic heterocycles. The van der Waals surface area contributed by atoms with E-state index in [0.717, 1.165) is 23.1 Å². The lowest BCUT2D eigenvalue weighted by atomic mass is 10.2. The minimum absolute atomic E-state index is 0.0254. The highest BCUT2D eigenvalue weighted by atomic mass is 32.2. The number of amides is 1. The van der Waals surface area contributed by atoms with Gasteiger partial charge in [0.2, 0.25) is 5.91 Å². The van der Waals surface area contributed by atoms with E-state index in [0.29, 0.717) is 12.5 Å². The number of hydrogen-bond acceptors (Lipinski definition) is 4. The predicted molar refractivity (Wildman–Crippen MR) is 91.3 cm³/mol. The van der Waals surface area contributed by atoms with Gasteiger partial charge in [0.05, 0.1) is 5.25 Å². The summed E-state index contributed by atoms with van der Waals surface area (Å²) in [4.78, 5) is 12.3. The molecule has 0 radical (unpaired) electrons. The van der Waals surface area contributed by atoms with Crippen LogP contribution in [0.5, 0.6) is 0 Å². The Balaban J connectivity index is 1.58. The number of aromatic nitrogens is 3. The smallest absolute Gasteiger partial charge is 0.233 e. The SMILES string of the molecule is CCn1c(SC(C)C(=O)NCc2ccccc2)nnc1C1CC1. The molecule has 23 heavy (non-hydrogen) atoms. The minimum atomic E-state index is -0.194. The standard InChI is InChI=1S/C17H22N4OS/c1-3-21-15(14-9-10-14)19-20-17(21)23-12(2)16(22)18-11-13-7-5-4-6-8-13/h4-8,12,14H,3,9-11H2,1-2H3,(H,18,22). The minimum Gasteiger partial charge on any atom is -0.351 e. The van der Waals surface area contributed by atoms with Gasteiger partial charge in [-0.1, -0.05) is 42.1 Å². The molecule has 0 saturated heterocycles. The molecule has 0 aliphatic heterocycles. The number of nitrogens with one attached hydrogen (secondary N) is 1. The molecule has 6 heteroatoms. The molecule has 1 aliphatic carbocycles. The van der Waals surface area contributed by atoms with Crippen molar-refractivity contribution in [3.63, 3.8) is 0 Å². The number of carbonyl (C=O) groups is 1. The van der Waals surface area contributed by atoms with E-state index in [1.165, 1.54) is 24.6 Å². The van der Waals surface area contributed by atoms with Crippen molar-refractivity contribution >= 4 is 17.7 Å². The summed E-state index contributed by atoms with van der Waals surface area (Å²) in [7, 11) is 0.